The maximum atomic E-state index is 12.4. The van der Waals surface area contributed by atoms with Crippen molar-refractivity contribution in [3.8, 4) is 0 Å². The molecule has 1 amide bonds. The Morgan fingerprint density at radius 3 is 2.91 bits per heavy atom. The van der Waals surface area contributed by atoms with Crippen molar-refractivity contribution in [3.63, 3.8) is 0 Å². The van der Waals surface area contributed by atoms with E-state index in [2.05, 4.69) is 40.6 Å². The van der Waals surface area contributed by atoms with Gasteiger partial charge in [-0.3, -0.25) is 14.2 Å². The molecule has 3 aromatic rings. The van der Waals surface area contributed by atoms with Gasteiger partial charge in [-0.2, -0.15) is 10.2 Å². The first-order chi connectivity index (χ1) is 11.1. The Balaban J connectivity index is 1.78. The standard InChI is InChI=1S/C17H21N5O/c1-4-15(22-9-5-8-19-22)17(23)18-11-14-13-10-12(2)6-7-16(13)21(3)20-14/h5-10,15H,4,11H2,1-3H3,(H,18,23). The molecule has 0 bridgehead atoms. The Labute approximate surface area is 135 Å². The predicted molar refractivity (Wildman–Crippen MR) is 88.9 cm³/mol. The number of hydrogen-bond donors (Lipinski definition) is 1. The van der Waals surface area contributed by atoms with Crippen molar-refractivity contribution in [2.45, 2.75) is 32.9 Å². The largest absolute Gasteiger partial charge is 0.348 e. The lowest BCUT2D eigenvalue weighted by Crippen LogP contribution is -2.32. The summed E-state index contributed by atoms with van der Waals surface area (Å²) in [6.07, 6.45) is 4.19. The van der Waals surface area contributed by atoms with Crippen molar-refractivity contribution in [1.29, 1.82) is 0 Å². The van der Waals surface area contributed by atoms with Gasteiger partial charge in [-0.25, -0.2) is 0 Å². The van der Waals surface area contributed by atoms with E-state index in [0.717, 1.165) is 16.6 Å². The van der Waals surface area contributed by atoms with E-state index in [1.165, 1.54) is 5.56 Å². The predicted octanol–water partition coefficient (Wildman–Crippen LogP) is 2.35. The quantitative estimate of drug-likeness (QED) is 0.786. The van der Waals surface area contributed by atoms with E-state index in [1.807, 2.05) is 30.9 Å². The fourth-order valence-electron chi connectivity index (χ4n) is 2.83. The van der Waals surface area contributed by atoms with E-state index in [0.29, 0.717) is 13.0 Å². The van der Waals surface area contributed by atoms with Gasteiger partial charge in [-0.15, -0.1) is 0 Å². The lowest BCUT2D eigenvalue weighted by atomic mass is 10.1. The lowest BCUT2D eigenvalue weighted by molar-refractivity contribution is -0.124. The fourth-order valence-corrected chi connectivity index (χ4v) is 2.83. The van der Waals surface area contributed by atoms with Crippen molar-refractivity contribution in [2.75, 3.05) is 0 Å². The van der Waals surface area contributed by atoms with Gasteiger partial charge < -0.3 is 5.32 Å². The summed E-state index contributed by atoms with van der Waals surface area (Å²) in [5, 5.41) is 12.8. The number of carbonyl (C=O) groups excluding carboxylic acids is 1. The number of rotatable bonds is 5. The number of nitrogens with one attached hydrogen (secondary N) is 1. The van der Waals surface area contributed by atoms with Crippen LogP contribution in [0.25, 0.3) is 10.9 Å². The van der Waals surface area contributed by atoms with Crippen LogP contribution >= 0.6 is 0 Å². The smallest absolute Gasteiger partial charge is 0.245 e. The topological polar surface area (TPSA) is 64.7 Å². The van der Waals surface area contributed by atoms with Gasteiger partial charge in [0.05, 0.1) is 17.8 Å². The molecule has 0 aliphatic carbocycles. The van der Waals surface area contributed by atoms with Gasteiger partial charge in [0.25, 0.3) is 0 Å². The summed E-state index contributed by atoms with van der Waals surface area (Å²) in [5.74, 6) is -0.0392. The van der Waals surface area contributed by atoms with E-state index in [1.54, 1.807) is 10.9 Å². The first kappa shape index (κ1) is 15.3. The summed E-state index contributed by atoms with van der Waals surface area (Å²) in [4.78, 5) is 12.4. The summed E-state index contributed by atoms with van der Waals surface area (Å²) in [6, 6.07) is 7.76. The van der Waals surface area contributed by atoms with Crippen LogP contribution in [0.4, 0.5) is 0 Å². The third-order valence-electron chi connectivity index (χ3n) is 4.05. The molecule has 120 valence electrons. The molecule has 6 heteroatoms. The molecular formula is C17H21N5O. The van der Waals surface area contributed by atoms with E-state index < -0.39 is 0 Å². The molecule has 0 aliphatic heterocycles. The van der Waals surface area contributed by atoms with Crippen LogP contribution in [0.2, 0.25) is 0 Å². The van der Waals surface area contributed by atoms with Crippen molar-refractivity contribution in [2.24, 2.45) is 7.05 Å². The van der Waals surface area contributed by atoms with Crippen LogP contribution in [0.3, 0.4) is 0 Å². The molecule has 23 heavy (non-hydrogen) atoms. The summed E-state index contributed by atoms with van der Waals surface area (Å²) in [7, 11) is 1.92. The van der Waals surface area contributed by atoms with Gasteiger partial charge >= 0.3 is 0 Å². The number of benzene rings is 1. The van der Waals surface area contributed by atoms with Crippen LogP contribution in [0.1, 0.15) is 30.6 Å². The monoisotopic (exact) mass is 311 g/mol. The Hall–Kier alpha value is -2.63. The molecule has 0 saturated carbocycles. The average molecular weight is 311 g/mol. The molecule has 0 aliphatic rings. The molecule has 2 aromatic heterocycles. The van der Waals surface area contributed by atoms with Gasteiger partial charge in [-0.05, 0) is 31.5 Å². The molecule has 1 unspecified atom stereocenters. The van der Waals surface area contributed by atoms with Crippen molar-refractivity contribution in [3.05, 3.63) is 47.9 Å². The molecule has 6 nitrogen and oxygen atoms in total. The minimum absolute atomic E-state index is 0.0392. The second-order valence-electron chi connectivity index (χ2n) is 5.72. The minimum Gasteiger partial charge on any atom is -0.348 e. The number of fused-ring (bicyclic) bond motifs is 1. The summed E-state index contributed by atoms with van der Waals surface area (Å²) in [5.41, 5.74) is 3.13. The zero-order chi connectivity index (χ0) is 16.4. The first-order valence-electron chi connectivity index (χ1n) is 7.79. The van der Waals surface area contributed by atoms with Crippen LogP contribution < -0.4 is 5.32 Å². The Morgan fingerprint density at radius 2 is 2.22 bits per heavy atom. The fraction of sp³-hybridized carbons (Fsp3) is 0.353. The Morgan fingerprint density at radius 1 is 1.39 bits per heavy atom. The molecular weight excluding hydrogens is 290 g/mol. The van der Waals surface area contributed by atoms with Crippen molar-refractivity contribution < 1.29 is 4.79 Å². The van der Waals surface area contributed by atoms with Gasteiger partial charge in [0.15, 0.2) is 0 Å². The summed E-state index contributed by atoms with van der Waals surface area (Å²) < 4.78 is 3.54. The van der Waals surface area contributed by atoms with Crippen molar-refractivity contribution in [1.82, 2.24) is 24.9 Å². The summed E-state index contributed by atoms with van der Waals surface area (Å²) in [6.45, 7) is 4.45. The molecule has 3 rings (SSSR count). The van der Waals surface area contributed by atoms with Gasteiger partial charge in [-0.1, -0.05) is 18.6 Å². The van der Waals surface area contributed by atoms with E-state index >= 15 is 0 Å². The molecule has 0 saturated heterocycles. The molecule has 1 atom stereocenters. The molecule has 0 spiro atoms. The molecule has 2 heterocycles. The highest BCUT2D eigenvalue weighted by atomic mass is 16.2. The molecule has 1 N–H and O–H groups in total. The highest BCUT2D eigenvalue weighted by molar-refractivity contribution is 5.84. The number of hydrogen-bond acceptors (Lipinski definition) is 3. The Kier molecular flexibility index (Phi) is 4.14. The van der Waals surface area contributed by atoms with Crippen LogP contribution in [0, 0.1) is 6.92 Å². The second-order valence-corrected chi connectivity index (χ2v) is 5.72. The number of nitrogens with zero attached hydrogens (tertiary/aromatic N) is 4. The van der Waals surface area contributed by atoms with E-state index in [-0.39, 0.29) is 11.9 Å². The van der Waals surface area contributed by atoms with Gasteiger partial charge in [0.1, 0.15) is 6.04 Å². The van der Waals surface area contributed by atoms with E-state index in [4.69, 9.17) is 0 Å². The normalized spacial score (nSPS) is 12.5. The highest BCUT2D eigenvalue weighted by Crippen LogP contribution is 2.19. The number of amides is 1. The Bertz CT molecular complexity index is 819. The van der Waals surface area contributed by atoms with Crippen LogP contribution in [0.15, 0.2) is 36.7 Å². The van der Waals surface area contributed by atoms with Crippen LogP contribution in [-0.2, 0) is 18.4 Å². The average Bonchev–Trinajstić information content (AvgIpc) is 3.15. The zero-order valence-electron chi connectivity index (χ0n) is 13.7. The SMILES string of the molecule is CCC(C(=O)NCc1nn(C)c2ccc(C)cc12)n1cccn1. The zero-order valence-corrected chi connectivity index (χ0v) is 13.7. The van der Waals surface area contributed by atoms with Crippen LogP contribution in [0.5, 0.6) is 0 Å². The second kappa shape index (κ2) is 6.24. The van der Waals surface area contributed by atoms with Gasteiger partial charge in [0.2, 0.25) is 5.91 Å². The van der Waals surface area contributed by atoms with Gasteiger partial charge in [0, 0.05) is 24.8 Å². The minimum atomic E-state index is -0.290. The number of aromatic nitrogens is 4. The summed E-state index contributed by atoms with van der Waals surface area (Å²) >= 11 is 0. The first-order valence-corrected chi connectivity index (χ1v) is 7.79. The van der Waals surface area contributed by atoms with E-state index in [9.17, 15) is 4.79 Å². The highest BCUT2D eigenvalue weighted by Gasteiger charge is 2.19. The third-order valence-corrected chi connectivity index (χ3v) is 4.05. The maximum Gasteiger partial charge on any atom is 0.245 e. The molecule has 1 aromatic carbocycles. The van der Waals surface area contributed by atoms with Crippen LogP contribution in [-0.4, -0.2) is 25.5 Å². The lowest BCUT2D eigenvalue weighted by Gasteiger charge is -2.15. The number of aryl methyl sites for hydroxylation is 2. The maximum absolute atomic E-state index is 12.4. The molecule has 0 fully saturated rings. The third kappa shape index (κ3) is 2.97. The molecule has 0 radical (unpaired) electrons. The van der Waals surface area contributed by atoms with Crippen molar-refractivity contribution >= 4 is 16.8 Å². The number of carbonyl (C=O) groups is 1.